The first-order valence-electron chi connectivity index (χ1n) is 47.6. The Morgan fingerprint density at radius 3 is 1.03 bits per heavy atom. The van der Waals surface area contributed by atoms with Crippen LogP contribution in [0.1, 0.15) is 407 Å². The molecule has 18 atom stereocenters. The normalized spacial score (nSPS) is 25.0. The summed E-state index contributed by atoms with van der Waals surface area (Å²) in [5, 5.41) is 102. The number of phosphoric ester groups is 1. The topological polar surface area (TPSA) is 380 Å². The van der Waals surface area contributed by atoms with Crippen LogP contribution >= 0.6 is 7.82 Å². The maximum atomic E-state index is 14.9. The van der Waals surface area contributed by atoms with E-state index in [1.807, 2.05) is 0 Å². The molecule has 2 heterocycles. The molecule has 0 radical (unpaired) electrons. The van der Waals surface area contributed by atoms with Crippen molar-refractivity contribution in [2.45, 2.75) is 511 Å². The summed E-state index contributed by atoms with van der Waals surface area (Å²) >= 11 is 0. The summed E-state index contributed by atoms with van der Waals surface area (Å²) in [6.45, 7) is 5.58. The minimum absolute atomic E-state index is 0.0173. The zero-order valence-electron chi connectivity index (χ0n) is 73.7. The highest BCUT2D eigenvalue weighted by atomic mass is 31.2. The Morgan fingerprint density at radius 1 is 0.331 bits per heavy atom. The van der Waals surface area contributed by atoms with Crippen molar-refractivity contribution in [3.8, 4) is 0 Å². The second-order valence-corrected chi connectivity index (χ2v) is 35.3. The number of esters is 4. The first-order valence-corrected chi connectivity index (χ1v) is 49.1. The van der Waals surface area contributed by atoms with Gasteiger partial charge in [0.05, 0.1) is 13.2 Å². The number of aliphatic hydroxyl groups is 9. The number of unbranched alkanes of at least 4 members (excludes halogenated alkanes) is 49. The van der Waals surface area contributed by atoms with E-state index in [0.717, 1.165) is 141 Å². The number of allylic oxidation sites excluding steroid dienone is 4. The Hall–Kier alpha value is -3.05. The molecule has 26 heteroatoms. The van der Waals surface area contributed by atoms with Crippen LogP contribution < -0.4 is 0 Å². The van der Waals surface area contributed by atoms with Gasteiger partial charge in [0.15, 0.2) is 24.8 Å². The van der Waals surface area contributed by atoms with Gasteiger partial charge in [0.1, 0.15) is 92.6 Å². The van der Waals surface area contributed by atoms with Crippen LogP contribution in [0.25, 0.3) is 0 Å². The monoisotopic (exact) mass is 1710 g/mol. The number of phosphoric acid groups is 1. The van der Waals surface area contributed by atoms with Crippen molar-refractivity contribution in [1.82, 2.24) is 0 Å². The Morgan fingerprint density at radius 2 is 0.636 bits per heavy atom. The number of rotatable bonds is 77. The van der Waals surface area contributed by atoms with Crippen molar-refractivity contribution < 1.29 is 122 Å². The Labute approximate surface area is 711 Å². The smallest absolute Gasteiger partial charge is 0.463 e. The average molecular weight is 1710 g/mol. The molecule has 25 nitrogen and oxygen atoms in total. The van der Waals surface area contributed by atoms with Gasteiger partial charge in [0.2, 0.25) is 0 Å². The fourth-order valence-electron chi connectivity index (χ4n) is 15.6. The third-order valence-corrected chi connectivity index (χ3v) is 24.2. The van der Waals surface area contributed by atoms with Crippen LogP contribution in [0.3, 0.4) is 0 Å². The number of carbonyl (C=O) groups is 4. The summed E-state index contributed by atoms with van der Waals surface area (Å²) in [7, 11) is -5.81. The second-order valence-electron chi connectivity index (χ2n) is 33.9. The number of hydrogen-bond acceptors (Lipinski definition) is 24. The van der Waals surface area contributed by atoms with E-state index in [9.17, 15) is 74.6 Å². The first kappa shape index (κ1) is 109. The Kier molecular flexibility index (Phi) is 65.8. The molecule has 3 rings (SSSR count). The standard InChI is InChI=1S/C92H169O25P/c1-5-9-13-17-21-25-29-33-36-39-43-47-51-55-59-63-67-78(97)114-87-83(102)84(103)88(115-91-85(104)81(100)79(98)73(68-93)112-91)90(89(87)116-92-86(105)82(101)80(99)74(113-92)71-109-76(95)65-61-57-53-49-45-42-38-35-31-27-23-19-15-11-7-3)117-118(106,107)110-70-72(111-77(96)66-62-58-54-50-46-40-32-28-24-20-16-12-8-4)69-108-75(94)64-60-56-52-48-44-41-37-34-30-26-22-18-14-10-6-2/h26,30,40,46,72-74,79-93,98-105H,5-25,27-29,31-39,41-45,47-71H2,1-4H3,(H,106,107)/b30-26-,46-40-. The van der Waals surface area contributed by atoms with Gasteiger partial charge in [-0.15, -0.1) is 0 Å². The van der Waals surface area contributed by atoms with Crippen LogP contribution in [0.15, 0.2) is 24.3 Å². The van der Waals surface area contributed by atoms with Crippen molar-refractivity contribution in [3.05, 3.63) is 24.3 Å². The van der Waals surface area contributed by atoms with E-state index >= 15 is 0 Å². The largest absolute Gasteiger partial charge is 0.472 e. The Bertz CT molecular complexity index is 2550. The zero-order chi connectivity index (χ0) is 86.1. The van der Waals surface area contributed by atoms with E-state index < -0.39 is 162 Å². The van der Waals surface area contributed by atoms with E-state index in [0.29, 0.717) is 38.5 Å². The predicted octanol–water partition coefficient (Wildman–Crippen LogP) is 17.7. The summed E-state index contributed by atoms with van der Waals surface area (Å²) in [5.74, 6) is -2.98. The van der Waals surface area contributed by atoms with Crippen LogP contribution in [0, 0.1) is 0 Å². The van der Waals surface area contributed by atoms with Gasteiger partial charge in [-0.25, -0.2) is 4.57 Å². The second kappa shape index (κ2) is 71.1. The molecule has 1 aliphatic carbocycles. The van der Waals surface area contributed by atoms with Gasteiger partial charge in [0, 0.05) is 25.7 Å². The minimum Gasteiger partial charge on any atom is -0.463 e. The number of hydrogen-bond donors (Lipinski definition) is 10. The van der Waals surface area contributed by atoms with Crippen molar-refractivity contribution in [2.24, 2.45) is 0 Å². The van der Waals surface area contributed by atoms with Crippen LogP contribution in [0.2, 0.25) is 0 Å². The molecule has 1 saturated carbocycles. The van der Waals surface area contributed by atoms with Crippen molar-refractivity contribution in [3.63, 3.8) is 0 Å². The Balaban J connectivity index is 1.91. The van der Waals surface area contributed by atoms with Crippen molar-refractivity contribution in [1.29, 1.82) is 0 Å². The van der Waals surface area contributed by atoms with Crippen LogP contribution in [0.5, 0.6) is 0 Å². The summed E-state index contributed by atoms with van der Waals surface area (Å²) < 4.78 is 73.4. The molecule has 18 unspecified atom stereocenters. The molecule has 0 aromatic carbocycles. The SMILES string of the molecule is CCCCCC/C=C\CCCCCCCCCC(=O)OCC(COP(=O)(O)OC1C(OC2OC(CO)C(O)C(O)C2O)C(O)C(O)C(OC(=O)CCCCCCCCCCCCCCCCCC)C1OC1OC(COC(=O)CCCCCCCCCCCCCCCCC)C(O)C(O)C1O)OC(=O)CCCCC/C=C\CCCCCCCC. The third-order valence-electron chi connectivity index (χ3n) is 23.2. The lowest BCUT2D eigenvalue weighted by atomic mass is 9.84. The third kappa shape index (κ3) is 50.8. The summed E-state index contributed by atoms with van der Waals surface area (Å²) in [6.07, 6.45) is 31.6. The van der Waals surface area contributed by atoms with Gasteiger partial charge in [-0.3, -0.25) is 28.2 Å². The minimum atomic E-state index is -5.81. The van der Waals surface area contributed by atoms with Gasteiger partial charge in [-0.2, -0.15) is 0 Å². The molecule has 0 aromatic rings. The molecular formula is C92H169O25P. The summed E-state index contributed by atoms with van der Waals surface area (Å²) in [5.41, 5.74) is 0. The van der Waals surface area contributed by atoms with Gasteiger partial charge in [0.25, 0.3) is 0 Å². The van der Waals surface area contributed by atoms with Crippen molar-refractivity contribution >= 4 is 31.7 Å². The van der Waals surface area contributed by atoms with E-state index in [1.54, 1.807) is 0 Å². The van der Waals surface area contributed by atoms with Crippen LogP contribution in [-0.4, -0.2) is 205 Å². The summed E-state index contributed by atoms with van der Waals surface area (Å²) in [6, 6.07) is 0. The molecule has 2 aliphatic heterocycles. The van der Waals surface area contributed by atoms with E-state index in [2.05, 4.69) is 52.0 Å². The lowest BCUT2D eigenvalue weighted by Gasteiger charge is -2.50. The molecule has 10 N–H and O–H groups in total. The van der Waals surface area contributed by atoms with E-state index in [1.165, 1.54) is 173 Å². The molecule has 2 saturated heterocycles. The molecular weight excluding hydrogens is 1540 g/mol. The van der Waals surface area contributed by atoms with Gasteiger partial charge in [-0.1, -0.05) is 328 Å². The lowest BCUT2D eigenvalue weighted by Crippen LogP contribution is -2.70. The maximum Gasteiger partial charge on any atom is 0.472 e. The summed E-state index contributed by atoms with van der Waals surface area (Å²) in [4.78, 5) is 66.5. The first-order chi connectivity index (χ1) is 57.2. The molecule has 3 aliphatic rings. The fourth-order valence-corrected chi connectivity index (χ4v) is 16.6. The van der Waals surface area contributed by atoms with Gasteiger partial charge >= 0.3 is 31.7 Å². The van der Waals surface area contributed by atoms with Crippen molar-refractivity contribution in [2.75, 3.05) is 26.4 Å². The molecule has 0 amide bonds. The molecule has 118 heavy (non-hydrogen) atoms. The van der Waals surface area contributed by atoms with E-state index in [4.69, 9.17) is 46.9 Å². The maximum absolute atomic E-state index is 14.9. The van der Waals surface area contributed by atoms with Crippen LogP contribution in [-0.2, 0) is 70.7 Å². The molecule has 0 bridgehead atoms. The molecule has 0 spiro atoms. The van der Waals surface area contributed by atoms with Crippen LogP contribution in [0.4, 0.5) is 0 Å². The quantitative estimate of drug-likeness (QED) is 0.00889. The van der Waals surface area contributed by atoms with Gasteiger partial charge in [-0.05, 0) is 77.0 Å². The number of aliphatic hydroxyl groups excluding tert-OH is 9. The highest BCUT2D eigenvalue weighted by Gasteiger charge is 2.60. The zero-order valence-corrected chi connectivity index (χ0v) is 74.6. The highest BCUT2D eigenvalue weighted by Crippen LogP contribution is 2.49. The number of carbonyl (C=O) groups excluding carboxylic acids is 4. The average Bonchev–Trinajstić information content (AvgIpc) is 0.753. The lowest BCUT2D eigenvalue weighted by molar-refractivity contribution is -0.360. The molecule has 692 valence electrons. The molecule has 0 aromatic heterocycles. The highest BCUT2D eigenvalue weighted by molar-refractivity contribution is 7.47. The fraction of sp³-hybridized carbons (Fsp3) is 0.913. The number of ether oxygens (including phenoxy) is 8. The van der Waals surface area contributed by atoms with Gasteiger partial charge < -0.3 is 88.7 Å². The van der Waals surface area contributed by atoms with E-state index in [-0.39, 0.29) is 25.7 Å². The predicted molar refractivity (Wildman–Crippen MR) is 458 cm³/mol. The molecule has 3 fully saturated rings.